The molecular formula is C13H11FO4. The minimum absolute atomic E-state index is 0.0565. The van der Waals surface area contributed by atoms with Gasteiger partial charge in [0.15, 0.2) is 6.10 Å². The molecule has 0 amide bonds. The van der Waals surface area contributed by atoms with Gasteiger partial charge in [-0.05, 0) is 12.1 Å². The van der Waals surface area contributed by atoms with Crippen LogP contribution in [-0.4, -0.2) is 24.6 Å². The van der Waals surface area contributed by atoms with E-state index in [9.17, 15) is 14.0 Å². The minimum Gasteiger partial charge on any atom is -0.462 e. The van der Waals surface area contributed by atoms with Gasteiger partial charge in [-0.2, -0.15) is 0 Å². The molecule has 0 saturated carbocycles. The molecule has 1 heterocycles. The van der Waals surface area contributed by atoms with Crippen molar-refractivity contribution in [2.75, 3.05) is 6.61 Å². The Morgan fingerprint density at radius 2 is 2.17 bits per heavy atom. The van der Waals surface area contributed by atoms with E-state index < -0.39 is 23.9 Å². The molecule has 18 heavy (non-hydrogen) atoms. The lowest BCUT2D eigenvalue weighted by Gasteiger charge is -2.06. The molecule has 0 aromatic heterocycles. The van der Waals surface area contributed by atoms with Gasteiger partial charge in [-0.3, -0.25) is 4.79 Å². The zero-order valence-corrected chi connectivity index (χ0v) is 9.68. The number of carbonyl (C=O) groups is 2. The number of carbonyl (C=O) groups excluding carboxylic acids is 2. The Bertz CT molecular complexity index is 521. The molecule has 0 bridgehead atoms. The van der Waals surface area contributed by atoms with Crippen LogP contribution in [0.3, 0.4) is 0 Å². The maximum absolute atomic E-state index is 13.5. The molecule has 0 fully saturated rings. The van der Waals surface area contributed by atoms with E-state index in [0.29, 0.717) is 0 Å². The second-order valence-corrected chi connectivity index (χ2v) is 3.81. The third-order valence-corrected chi connectivity index (χ3v) is 2.45. The lowest BCUT2D eigenvalue weighted by atomic mass is 10.1. The average molecular weight is 250 g/mol. The van der Waals surface area contributed by atoms with E-state index in [1.54, 1.807) is 6.07 Å². The van der Waals surface area contributed by atoms with Crippen LogP contribution < -0.4 is 0 Å². The number of rotatable bonds is 3. The van der Waals surface area contributed by atoms with Crippen molar-refractivity contribution in [1.29, 1.82) is 0 Å². The number of benzene rings is 1. The number of cyclic esters (lactones) is 1. The van der Waals surface area contributed by atoms with Crippen molar-refractivity contribution < 1.29 is 23.5 Å². The first-order valence-corrected chi connectivity index (χ1v) is 5.39. The molecule has 0 saturated heterocycles. The maximum Gasteiger partial charge on any atom is 0.339 e. The van der Waals surface area contributed by atoms with Crippen LogP contribution in [0, 0.1) is 5.82 Å². The van der Waals surface area contributed by atoms with Crippen LogP contribution >= 0.6 is 0 Å². The summed E-state index contributed by atoms with van der Waals surface area (Å²) in [4.78, 5) is 22.2. The number of hydrogen-bond acceptors (Lipinski definition) is 4. The fraction of sp³-hybridized carbons (Fsp3) is 0.231. The summed E-state index contributed by atoms with van der Waals surface area (Å²) in [6.07, 6.45) is 0.806. The van der Waals surface area contributed by atoms with E-state index in [2.05, 4.69) is 0 Å². The highest BCUT2D eigenvalue weighted by atomic mass is 19.1. The quantitative estimate of drug-likeness (QED) is 0.766. The first-order valence-electron chi connectivity index (χ1n) is 5.39. The Balaban J connectivity index is 2.18. The van der Waals surface area contributed by atoms with Gasteiger partial charge in [0.05, 0.1) is 5.57 Å². The fourth-order valence-electron chi connectivity index (χ4n) is 1.65. The monoisotopic (exact) mass is 250 g/mol. The van der Waals surface area contributed by atoms with Gasteiger partial charge < -0.3 is 9.47 Å². The number of esters is 2. The van der Waals surface area contributed by atoms with Crippen LogP contribution in [0.2, 0.25) is 0 Å². The van der Waals surface area contributed by atoms with E-state index in [1.807, 2.05) is 0 Å². The van der Waals surface area contributed by atoms with Crippen molar-refractivity contribution in [3.8, 4) is 0 Å². The molecule has 1 aliphatic heterocycles. The second-order valence-electron chi connectivity index (χ2n) is 3.81. The van der Waals surface area contributed by atoms with Gasteiger partial charge >= 0.3 is 11.9 Å². The average Bonchev–Trinajstić information content (AvgIpc) is 2.69. The molecule has 0 radical (unpaired) electrons. The van der Waals surface area contributed by atoms with Gasteiger partial charge in [0.2, 0.25) is 0 Å². The van der Waals surface area contributed by atoms with Gasteiger partial charge in [-0.25, -0.2) is 9.18 Å². The summed E-state index contributed by atoms with van der Waals surface area (Å²) in [6.45, 7) is 1.21. The molecule has 0 spiro atoms. The van der Waals surface area contributed by atoms with Gasteiger partial charge in [-0.15, -0.1) is 0 Å². The van der Waals surface area contributed by atoms with Crippen molar-refractivity contribution in [3.05, 3.63) is 41.7 Å². The molecule has 94 valence electrons. The summed E-state index contributed by atoms with van der Waals surface area (Å²) in [6, 6.07) is 5.93. The standard InChI is InChI=1S/C13H11FO4/c1-8(15)17-7-9-6-11(13(16)18-9)10-4-2-3-5-12(10)14/h2-6,9H,7H2,1H3. The highest BCUT2D eigenvalue weighted by molar-refractivity contribution is 6.18. The largest absolute Gasteiger partial charge is 0.462 e. The maximum atomic E-state index is 13.5. The molecule has 2 rings (SSSR count). The smallest absolute Gasteiger partial charge is 0.339 e. The first kappa shape index (κ1) is 12.3. The predicted octanol–water partition coefficient (Wildman–Crippen LogP) is 1.70. The van der Waals surface area contributed by atoms with Gasteiger partial charge in [-0.1, -0.05) is 18.2 Å². The zero-order valence-electron chi connectivity index (χ0n) is 9.68. The van der Waals surface area contributed by atoms with Crippen molar-refractivity contribution in [2.45, 2.75) is 13.0 Å². The van der Waals surface area contributed by atoms with Crippen molar-refractivity contribution in [1.82, 2.24) is 0 Å². The van der Waals surface area contributed by atoms with Crippen LogP contribution in [0.25, 0.3) is 5.57 Å². The Morgan fingerprint density at radius 1 is 1.44 bits per heavy atom. The Kier molecular flexibility index (Phi) is 3.41. The Morgan fingerprint density at radius 3 is 2.83 bits per heavy atom. The van der Waals surface area contributed by atoms with Crippen molar-refractivity contribution in [3.63, 3.8) is 0 Å². The van der Waals surface area contributed by atoms with Crippen LogP contribution in [0.4, 0.5) is 4.39 Å². The number of ether oxygens (including phenoxy) is 2. The van der Waals surface area contributed by atoms with Gasteiger partial charge in [0.25, 0.3) is 0 Å². The van der Waals surface area contributed by atoms with E-state index in [1.165, 1.54) is 31.2 Å². The molecule has 1 atom stereocenters. The van der Waals surface area contributed by atoms with Crippen molar-refractivity contribution in [2.24, 2.45) is 0 Å². The molecular weight excluding hydrogens is 239 g/mol. The minimum atomic E-state index is -0.656. The summed E-state index contributed by atoms with van der Waals surface area (Å²) in [5, 5.41) is 0. The highest BCUT2D eigenvalue weighted by Crippen LogP contribution is 2.26. The van der Waals surface area contributed by atoms with E-state index in [-0.39, 0.29) is 17.7 Å². The normalized spacial score (nSPS) is 18.2. The molecule has 5 heteroatoms. The second kappa shape index (κ2) is 5.00. The van der Waals surface area contributed by atoms with Crippen LogP contribution in [0.15, 0.2) is 30.3 Å². The first-order chi connectivity index (χ1) is 8.58. The molecule has 0 aliphatic carbocycles. The summed E-state index contributed by atoms with van der Waals surface area (Å²) in [7, 11) is 0. The molecule has 1 aliphatic rings. The Labute approximate surface area is 103 Å². The zero-order chi connectivity index (χ0) is 13.1. The van der Waals surface area contributed by atoms with Crippen LogP contribution in [0.5, 0.6) is 0 Å². The van der Waals surface area contributed by atoms with Gasteiger partial charge in [0, 0.05) is 12.5 Å². The number of halogens is 1. The summed E-state index contributed by atoms with van der Waals surface area (Å²) in [5.41, 5.74) is 0.345. The molecule has 1 aromatic rings. The third kappa shape index (κ3) is 2.56. The van der Waals surface area contributed by atoms with Crippen LogP contribution in [0.1, 0.15) is 12.5 Å². The van der Waals surface area contributed by atoms with Crippen molar-refractivity contribution >= 4 is 17.5 Å². The topological polar surface area (TPSA) is 52.6 Å². The lowest BCUT2D eigenvalue weighted by molar-refractivity contribution is -0.149. The molecule has 1 aromatic carbocycles. The molecule has 0 N–H and O–H groups in total. The molecule has 4 nitrogen and oxygen atoms in total. The van der Waals surface area contributed by atoms with E-state index in [4.69, 9.17) is 9.47 Å². The van der Waals surface area contributed by atoms with E-state index >= 15 is 0 Å². The summed E-state index contributed by atoms with van der Waals surface area (Å²) >= 11 is 0. The number of hydrogen-bond donors (Lipinski definition) is 0. The van der Waals surface area contributed by atoms with Crippen LogP contribution in [-0.2, 0) is 19.1 Å². The Hall–Kier alpha value is -2.17. The SMILES string of the molecule is CC(=O)OCC1C=C(c2ccccc2F)C(=O)O1. The summed E-state index contributed by atoms with van der Waals surface area (Å²) in [5.74, 6) is -1.56. The third-order valence-electron chi connectivity index (χ3n) is 2.45. The van der Waals surface area contributed by atoms with Gasteiger partial charge in [0.1, 0.15) is 12.4 Å². The lowest BCUT2D eigenvalue weighted by Crippen LogP contribution is -2.17. The molecule has 1 unspecified atom stereocenters. The summed E-state index contributed by atoms with van der Waals surface area (Å²) < 4.78 is 23.2. The fourth-order valence-corrected chi connectivity index (χ4v) is 1.65. The predicted molar refractivity (Wildman–Crippen MR) is 60.9 cm³/mol. The highest BCUT2D eigenvalue weighted by Gasteiger charge is 2.28. The van der Waals surface area contributed by atoms with E-state index in [0.717, 1.165) is 0 Å².